The maximum atomic E-state index is 12.9. The number of hydrogen-bond donors (Lipinski definition) is 2. The third kappa shape index (κ3) is 2.85. The summed E-state index contributed by atoms with van der Waals surface area (Å²) in [6, 6.07) is 5.65. The first kappa shape index (κ1) is 13.8. The summed E-state index contributed by atoms with van der Waals surface area (Å²) in [4.78, 5) is 23.5. The number of nitrogens with two attached hydrogens (primary N) is 1. The zero-order valence-electron chi connectivity index (χ0n) is 10.7. The first-order valence-electron chi connectivity index (χ1n) is 5.89. The Balaban J connectivity index is 2.22. The Morgan fingerprint density at radius 2 is 1.90 bits per heavy atom. The fourth-order valence-electron chi connectivity index (χ4n) is 1.80. The quantitative estimate of drug-likeness (QED) is 0.891. The predicted octanol–water partition coefficient (Wildman–Crippen LogP) is 1.68. The molecule has 1 atom stereocenters. The van der Waals surface area contributed by atoms with Crippen LogP contribution in [-0.2, 0) is 4.79 Å². The van der Waals surface area contributed by atoms with Gasteiger partial charge in [0.15, 0.2) is 0 Å². The fraction of sp³-hybridized carbons (Fsp3) is 0.143. The fourth-order valence-corrected chi connectivity index (χ4v) is 1.80. The minimum Gasteiger partial charge on any atom is -0.469 e. The summed E-state index contributed by atoms with van der Waals surface area (Å²) in [6.45, 7) is 1.63. The van der Waals surface area contributed by atoms with Crippen molar-refractivity contribution in [2.75, 3.05) is 0 Å². The highest BCUT2D eigenvalue weighted by Gasteiger charge is 2.22. The molecule has 6 heteroatoms. The minimum atomic E-state index is -1.03. The second kappa shape index (κ2) is 5.56. The molecule has 0 aliphatic carbocycles. The predicted molar refractivity (Wildman–Crippen MR) is 69.2 cm³/mol. The summed E-state index contributed by atoms with van der Waals surface area (Å²) in [6.07, 6.45) is 1.38. The molecule has 0 radical (unpaired) electrons. The van der Waals surface area contributed by atoms with E-state index in [9.17, 15) is 14.0 Å². The minimum absolute atomic E-state index is 0.318. The molecule has 0 fully saturated rings. The Kier molecular flexibility index (Phi) is 3.84. The van der Waals surface area contributed by atoms with Crippen LogP contribution in [0.25, 0.3) is 0 Å². The van der Waals surface area contributed by atoms with Gasteiger partial charge < -0.3 is 15.5 Å². The van der Waals surface area contributed by atoms with Crippen LogP contribution in [0.5, 0.6) is 0 Å². The molecule has 2 amide bonds. The van der Waals surface area contributed by atoms with Gasteiger partial charge in [0.05, 0.1) is 11.8 Å². The summed E-state index contributed by atoms with van der Waals surface area (Å²) in [5.41, 5.74) is 6.00. The van der Waals surface area contributed by atoms with Crippen LogP contribution in [-0.4, -0.2) is 11.8 Å². The molecule has 3 N–H and O–H groups in total. The molecule has 0 saturated heterocycles. The lowest BCUT2D eigenvalue weighted by Crippen LogP contribution is -2.37. The highest BCUT2D eigenvalue weighted by molar-refractivity contribution is 5.98. The van der Waals surface area contributed by atoms with Gasteiger partial charge in [-0.25, -0.2) is 4.39 Å². The number of halogens is 1. The molecule has 1 aromatic heterocycles. The van der Waals surface area contributed by atoms with Gasteiger partial charge >= 0.3 is 0 Å². The summed E-state index contributed by atoms with van der Waals surface area (Å²) in [7, 11) is 0. The number of carbonyl (C=O) groups is 2. The third-order valence-corrected chi connectivity index (χ3v) is 2.87. The van der Waals surface area contributed by atoms with Crippen LogP contribution >= 0.6 is 0 Å². The van der Waals surface area contributed by atoms with Crippen LogP contribution in [0.1, 0.15) is 27.7 Å². The van der Waals surface area contributed by atoms with Gasteiger partial charge in [-0.2, -0.15) is 0 Å². The third-order valence-electron chi connectivity index (χ3n) is 2.87. The maximum Gasteiger partial charge on any atom is 0.255 e. The van der Waals surface area contributed by atoms with E-state index in [1.54, 1.807) is 6.92 Å². The Morgan fingerprint density at radius 1 is 1.25 bits per heavy atom. The van der Waals surface area contributed by atoms with Crippen molar-refractivity contribution < 1.29 is 18.4 Å². The number of carbonyl (C=O) groups excluding carboxylic acids is 2. The standard InChI is InChI=1S/C14H13FN2O3/c1-8-11(6-7-20-8)14(19)17-12(13(16)18)9-2-4-10(15)5-3-9/h2-7,12H,1H3,(H2,16,18)(H,17,19)/t12-/m1/s1. The first-order chi connectivity index (χ1) is 9.49. The number of aryl methyl sites for hydroxylation is 1. The van der Waals surface area contributed by atoms with Crippen LogP contribution in [0.2, 0.25) is 0 Å². The van der Waals surface area contributed by atoms with Gasteiger partial charge in [-0.1, -0.05) is 12.1 Å². The molecular formula is C14H13FN2O3. The van der Waals surface area contributed by atoms with Gasteiger partial charge in [0.1, 0.15) is 17.6 Å². The second-order valence-corrected chi connectivity index (χ2v) is 4.25. The maximum absolute atomic E-state index is 12.9. The Hall–Kier alpha value is -2.63. The van der Waals surface area contributed by atoms with Crippen LogP contribution in [0.15, 0.2) is 41.0 Å². The zero-order chi connectivity index (χ0) is 14.7. The van der Waals surface area contributed by atoms with Gasteiger partial charge in [0.25, 0.3) is 5.91 Å². The molecule has 104 valence electrons. The number of nitrogens with one attached hydrogen (secondary N) is 1. The molecule has 2 rings (SSSR count). The lowest BCUT2D eigenvalue weighted by Gasteiger charge is -2.15. The van der Waals surface area contributed by atoms with E-state index in [4.69, 9.17) is 10.2 Å². The Labute approximate surface area is 114 Å². The van der Waals surface area contributed by atoms with E-state index in [1.165, 1.54) is 36.6 Å². The van der Waals surface area contributed by atoms with Crippen LogP contribution in [0, 0.1) is 12.7 Å². The molecule has 2 aromatic rings. The monoisotopic (exact) mass is 276 g/mol. The number of primary amides is 1. The van der Waals surface area contributed by atoms with E-state index in [2.05, 4.69) is 5.32 Å². The van der Waals surface area contributed by atoms with Crippen molar-refractivity contribution in [3.63, 3.8) is 0 Å². The number of rotatable bonds is 4. The Morgan fingerprint density at radius 3 is 2.40 bits per heavy atom. The van der Waals surface area contributed by atoms with Gasteiger partial charge in [-0.15, -0.1) is 0 Å². The molecule has 1 aromatic carbocycles. The molecule has 0 spiro atoms. The van der Waals surface area contributed by atoms with Crippen molar-refractivity contribution in [3.05, 3.63) is 59.3 Å². The van der Waals surface area contributed by atoms with Crippen molar-refractivity contribution in [2.24, 2.45) is 5.73 Å². The van der Waals surface area contributed by atoms with Crippen LogP contribution in [0.3, 0.4) is 0 Å². The van der Waals surface area contributed by atoms with E-state index >= 15 is 0 Å². The van der Waals surface area contributed by atoms with E-state index < -0.39 is 23.7 Å². The van der Waals surface area contributed by atoms with Crippen molar-refractivity contribution in [3.8, 4) is 0 Å². The second-order valence-electron chi connectivity index (χ2n) is 4.25. The highest BCUT2D eigenvalue weighted by Crippen LogP contribution is 2.16. The van der Waals surface area contributed by atoms with Gasteiger partial charge in [0.2, 0.25) is 5.91 Å². The summed E-state index contributed by atoms with van der Waals surface area (Å²) in [5.74, 6) is -1.21. The average Bonchev–Trinajstić information content (AvgIpc) is 2.83. The molecule has 0 saturated carbocycles. The van der Waals surface area contributed by atoms with E-state index in [1.807, 2.05) is 0 Å². The zero-order valence-corrected chi connectivity index (χ0v) is 10.7. The molecule has 0 aliphatic rings. The van der Waals surface area contributed by atoms with Crippen LogP contribution in [0.4, 0.5) is 4.39 Å². The Bertz CT molecular complexity index is 634. The smallest absolute Gasteiger partial charge is 0.255 e. The molecule has 5 nitrogen and oxygen atoms in total. The summed E-state index contributed by atoms with van der Waals surface area (Å²) >= 11 is 0. The number of furan rings is 1. The molecule has 20 heavy (non-hydrogen) atoms. The highest BCUT2D eigenvalue weighted by atomic mass is 19.1. The van der Waals surface area contributed by atoms with E-state index in [0.29, 0.717) is 16.9 Å². The number of amides is 2. The van der Waals surface area contributed by atoms with Crippen LogP contribution < -0.4 is 11.1 Å². The molecule has 0 bridgehead atoms. The van der Waals surface area contributed by atoms with E-state index in [-0.39, 0.29) is 0 Å². The molecule has 1 heterocycles. The number of hydrogen-bond acceptors (Lipinski definition) is 3. The van der Waals surface area contributed by atoms with Gasteiger partial charge in [-0.05, 0) is 30.7 Å². The number of benzene rings is 1. The lowest BCUT2D eigenvalue weighted by atomic mass is 10.1. The van der Waals surface area contributed by atoms with Crippen molar-refractivity contribution in [2.45, 2.75) is 13.0 Å². The van der Waals surface area contributed by atoms with Crippen molar-refractivity contribution in [1.29, 1.82) is 0 Å². The largest absolute Gasteiger partial charge is 0.469 e. The molecule has 0 unspecified atom stereocenters. The van der Waals surface area contributed by atoms with E-state index in [0.717, 1.165) is 0 Å². The molecular weight excluding hydrogens is 263 g/mol. The van der Waals surface area contributed by atoms with Crippen molar-refractivity contribution >= 4 is 11.8 Å². The average molecular weight is 276 g/mol. The van der Waals surface area contributed by atoms with Gasteiger partial charge in [0, 0.05) is 0 Å². The normalized spacial score (nSPS) is 11.9. The van der Waals surface area contributed by atoms with Crippen molar-refractivity contribution in [1.82, 2.24) is 5.32 Å². The lowest BCUT2D eigenvalue weighted by molar-refractivity contribution is -0.120. The molecule has 0 aliphatic heterocycles. The SMILES string of the molecule is Cc1occc1C(=O)N[C@@H](C(N)=O)c1ccc(F)cc1. The first-order valence-corrected chi connectivity index (χ1v) is 5.89. The van der Waals surface area contributed by atoms with Gasteiger partial charge in [-0.3, -0.25) is 9.59 Å². The summed E-state index contributed by atoms with van der Waals surface area (Å²) < 4.78 is 17.9. The summed E-state index contributed by atoms with van der Waals surface area (Å²) in [5, 5.41) is 2.50. The topological polar surface area (TPSA) is 85.3 Å².